The first-order valence-corrected chi connectivity index (χ1v) is 6.36. The molecule has 1 aliphatic heterocycles. The van der Waals surface area contributed by atoms with Crippen LogP contribution in [-0.4, -0.2) is 23.7 Å². The second-order valence-corrected chi connectivity index (χ2v) is 4.64. The van der Waals surface area contributed by atoms with Gasteiger partial charge in [0.2, 0.25) is 0 Å². The molecule has 19 heavy (non-hydrogen) atoms. The number of rotatable bonds is 3. The van der Waals surface area contributed by atoms with Crippen LogP contribution < -0.4 is 15.2 Å². The lowest BCUT2D eigenvalue weighted by atomic mass is 10.0. The van der Waals surface area contributed by atoms with E-state index in [0.29, 0.717) is 6.61 Å². The van der Waals surface area contributed by atoms with Crippen molar-refractivity contribution in [2.45, 2.75) is 18.6 Å². The number of hydrogen-bond acceptors (Lipinski definition) is 4. The fraction of sp³-hybridized carbons (Fsp3) is 0.267. The zero-order valence-electron chi connectivity index (χ0n) is 10.5. The Morgan fingerprint density at radius 3 is 2.68 bits per heavy atom. The minimum absolute atomic E-state index is 0.101. The lowest BCUT2D eigenvalue weighted by Crippen LogP contribution is -2.46. The largest absolute Gasteiger partial charge is 0.486 e. The lowest BCUT2D eigenvalue weighted by molar-refractivity contribution is 0.0723. The van der Waals surface area contributed by atoms with Crippen LogP contribution in [0.25, 0.3) is 0 Å². The van der Waals surface area contributed by atoms with E-state index in [0.717, 1.165) is 23.5 Å². The summed E-state index contributed by atoms with van der Waals surface area (Å²) in [6.45, 7) is 0.489. The van der Waals surface area contributed by atoms with E-state index in [1.807, 2.05) is 36.4 Å². The van der Waals surface area contributed by atoms with Gasteiger partial charge in [-0.2, -0.15) is 0 Å². The summed E-state index contributed by atoms with van der Waals surface area (Å²) < 4.78 is 11.6. The van der Waals surface area contributed by atoms with Crippen molar-refractivity contribution in [3.05, 3.63) is 54.4 Å². The number of benzene rings is 1. The summed E-state index contributed by atoms with van der Waals surface area (Å²) in [5, 5.41) is 0. The van der Waals surface area contributed by atoms with Crippen molar-refractivity contribution in [2.24, 2.45) is 5.73 Å². The molecule has 0 bridgehead atoms. The maximum atomic E-state index is 6.21. The summed E-state index contributed by atoms with van der Waals surface area (Å²) >= 11 is 0. The third kappa shape index (κ3) is 2.69. The highest BCUT2D eigenvalue weighted by Gasteiger charge is 2.26. The van der Waals surface area contributed by atoms with Crippen molar-refractivity contribution in [1.82, 2.24) is 4.98 Å². The van der Waals surface area contributed by atoms with Gasteiger partial charge in [0.15, 0.2) is 11.5 Å². The number of ether oxygens (including phenoxy) is 2. The molecule has 3 rings (SSSR count). The fourth-order valence-electron chi connectivity index (χ4n) is 2.17. The summed E-state index contributed by atoms with van der Waals surface area (Å²) in [6, 6.07) is 11.5. The molecule has 0 aliphatic carbocycles. The van der Waals surface area contributed by atoms with Gasteiger partial charge in [0.1, 0.15) is 12.7 Å². The van der Waals surface area contributed by atoms with Crippen molar-refractivity contribution >= 4 is 0 Å². The van der Waals surface area contributed by atoms with Crippen LogP contribution in [0.1, 0.15) is 5.56 Å². The van der Waals surface area contributed by atoms with Gasteiger partial charge in [0, 0.05) is 18.4 Å². The number of nitrogens with zero attached hydrogens (tertiary/aromatic N) is 1. The Balaban J connectivity index is 1.68. The summed E-state index contributed by atoms with van der Waals surface area (Å²) in [7, 11) is 0. The Bertz CT molecular complexity index is 545. The molecule has 98 valence electrons. The van der Waals surface area contributed by atoms with Gasteiger partial charge in [0.25, 0.3) is 0 Å². The number of nitrogens with two attached hydrogens (primary N) is 1. The molecule has 1 aromatic carbocycles. The SMILES string of the molecule is NC(Cc1ccncc1)C1COc2ccccc2O1. The number of fused-ring (bicyclic) bond motifs is 1. The van der Waals surface area contributed by atoms with Crippen LogP contribution in [0.2, 0.25) is 0 Å². The van der Waals surface area contributed by atoms with Crippen molar-refractivity contribution in [1.29, 1.82) is 0 Å². The quantitative estimate of drug-likeness (QED) is 0.909. The third-order valence-electron chi connectivity index (χ3n) is 3.23. The summed E-state index contributed by atoms with van der Waals surface area (Å²) in [4.78, 5) is 4.00. The van der Waals surface area contributed by atoms with E-state index in [-0.39, 0.29) is 12.1 Å². The lowest BCUT2D eigenvalue weighted by Gasteiger charge is -2.30. The average molecular weight is 256 g/mol. The van der Waals surface area contributed by atoms with Crippen molar-refractivity contribution < 1.29 is 9.47 Å². The first kappa shape index (κ1) is 12.0. The Morgan fingerprint density at radius 1 is 1.16 bits per heavy atom. The molecular formula is C15H16N2O2. The van der Waals surface area contributed by atoms with Crippen molar-refractivity contribution in [3.63, 3.8) is 0 Å². The Kier molecular flexibility index (Phi) is 3.33. The molecule has 0 spiro atoms. The van der Waals surface area contributed by atoms with Gasteiger partial charge < -0.3 is 15.2 Å². The van der Waals surface area contributed by atoms with Crippen LogP contribution >= 0.6 is 0 Å². The Hall–Kier alpha value is -2.07. The van der Waals surface area contributed by atoms with Gasteiger partial charge in [-0.1, -0.05) is 12.1 Å². The molecule has 0 saturated carbocycles. The average Bonchev–Trinajstić information content (AvgIpc) is 2.48. The molecule has 0 saturated heterocycles. The number of pyridine rings is 1. The minimum Gasteiger partial charge on any atom is -0.486 e. The van der Waals surface area contributed by atoms with Crippen LogP contribution in [0.4, 0.5) is 0 Å². The zero-order valence-corrected chi connectivity index (χ0v) is 10.5. The first-order chi connectivity index (χ1) is 9.33. The van der Waals surface area contributed by atoms with E-state index < -0.39 is 0 Å². The monoisotopic (exact) mass is 256 g/mol. The molecule has 4 heteroatoms. The van der Waals surface area contributed by atoms with E-state index in [1.54, 1.807) is 12.4 Å². The predicted octanol–water partition coefficient (Wildman–Crippen LogP) is 1.79. The molecule has 2 unspecified atom stereocenters. The molecule has 2 atom stereocenters. The summed E-state index contributed by atoms with van der Waals surface area (Å²) in [5.41, 5.74) is 7.37. The molecule has 1 aliphatic rings. The number of aromatic nitrogens is 1. The fourth-order valence-corrected chi connectivity index (χ4v) is 2.17. The second-order valence-electron chi connectivity index (χ2n) is 4.64. The topological polar surface area (TPSA) is 57.4 Å². The molecule has 2 N–H and O–H groups in total. The molecule has 2 aromatic rings. The van der Waals surface area contributed by atoms with Crippen LogP contribution in [-0.2, 0) is 6.42 Å². The maximum absolute atomic E-state index is 6.21. The molecule has 1 aromatic heterocycles. The van der Waals surface area contributed by atoms with Crippen LogP contribution in [0.3, 0.4) is 0 Å². The second kappa shape index (κ2) is 5.28. The van der Waals surface area contributed by atoms with Gasteiger partial charge in [-0.3, -0.25) is 4.98 Å². The molecule has 4 nitrogen and oxygen atoms in total. The zero-order chi connectivity index (χ0) is 13.1. The maximum Gasteiger partial charge on any atom is 0.161 e. The van der Waals surface area contributed by atoms with E-state index in [9.17, 15) is 0 Å². The van der Waals surface area contributed by atoms with Gasteiger partial charge in [-0.15, -0.1) is 0 Å². The highest BCUT2D eigenvalue weighted by Crippen LogP contribution is 2.31. The van der Waals surface area contributed by atoms with E-state index in [2.05, 4.69) is 4.98 Å². The van der Waals surface area contributed by atoms with E-state index >= 15 is 0 Å². The smallest absolute Gasteiger partial charge is 0.161 e. The third-order valence-corrected chi connectivity index (χ3v) is 3.23. The van der Waals surface area contributed by atoms with Crippen molar-refractivity contribution in [3.8, 4) is 11.5 Å². The minimum atomic E-state index is -0.122. The van der Waals surface area contributed by atoms with Gasteiger partial charge in [-0.05, 0) is 36.2 Å². The summed E-state index contributed by atoms with van der Waals surface area (Å²) in [6.07, 6.45) is 4.17. The van der Waals surface area contributed by atoms with Gasteiger partial charge in [-0.25, -0.2) is 0 Å². The molecule has 0 fully saturated rings. The number of para-hydroxylation sites is 2. The molecule has 2 heterocycles. The Labute approximate surface area is 112 Å². The number of hydrogen-bond donors (Lipinski definition) is 1. The van der Waals surface area contributed by atoms with Crippen LogP contribution in [0, 0.1) is 0 Å². The molecule has 0 amide bonds. The van der Waals surface area contributed by atoms with Crippen LogP contribution in [0.5, 0.6) is 11.5 Å². The highest BCUT2D eigenvalue weighted by atomic mass is 16.6. The van der Waals surface area contributed by atoms with E-state index in [4.69, 9.17) is 15.2 Å². The molecule has 0 radical (unpaired) electrons. The van der Waals surface area contributed by atoms with Gasteiger partial charge in [0.05, 0.1) is 0 Å². The molecular weight excluding hydrogens is 240 g/mol. The standard InChI is InChI=1S/C15H16N2O2/c16-12(9-11-5-7-17-8-6-11)15-10-18-13-3-1-2-4-14(13)19-15/h1-8,12,15H,9-10,16H2. The van der Waals surface area contributed by atoms with E-state index in [1.165, 1.54) is 0 Å². The van der Waals surface area contributed by atoms with Crippen LogP contribution in [0.15, 0.2) is 48.8 Å². The predicted molar refractivity (Wildman–Crippen MR) is 72.3 cm³/mol. The first-order valence-electron chi connectivity index (χ1n) is 6.36. The van der Waals surface area contributed by atoms with Crippen molar-refractivity contribution in [2.75, 3.05) is 6.61 Å². The normalized spacial score (nSPS) is 18.9. The Morgan fingerprint density at radius 2 is 1.89 bits per heavy atom. The summed E-state index contributed by atoms with van der Waals surface area (Å²) in [5.74, 6) is 1.55. The van der Waals surface area contributed by atoms with Gasteiger partial charge >= 0.3 is 0 Å². The highest BCUT2D eigenvalue weighted by molar-refractivity contribution is 5.40.